The summed E-state index contributed by atoms with van der Waals surface area (Å²) < 4.78 is 49.7. The van der Waals surface area contributed by atoms with Crippen molar-refractivity contribution in [3.8, 4) is 5.75 Å². The van der Waals surface area contributed by atoms with E-state index >= 15 is 0 Å². The van der Waals surface area contributed by atoms with Gasteiger partial charge in [-0.15, -0.1) is 0 Å². The second kappa shape index (κ2) is 5.35. The number of hydrogen-bond acceptors (Lipinski definition) is 4. The van der Waals surface area contributed by atoms with Gasteiger partial charge in [-0.2, -0.15) is 13.2 Å². The van der Waals surface area contributed by atoms with Crippen LogP contribution >= 0.6 is 0 Å². The van der Waals surface area contributed by atoms with Crippen LogP contribution in [0.4, 0.5) is 13.2 Å². The van der Waals surface area contributed by atoms with E-state index < -0.39 is 48.0 Å². The summed E-state index contributed by atoms with van der Waals surface area (Å²) in [6.45, 7) is 0.557. The molecule has 2 amide bonds. The number of fused-ring (bicyclic) bond motifs is 1. The summed E-state index contributed by atoms with van der Waals surface area (Å²) in [6, 6.07) is 4.23. The maximum absolute atomic E-state index is 13.2. The highest BCUT2D eigenvalue weighted by molar-refractivity contribution is 6.01. The number of piperazine rings is 1. The van der Waals surface area contributed by atoms with Crippen molar-refractivity contribution in [3.05, 3.63) is 29.3 Å². The number of benzene rings is 1. The van der Waals surface area contributed by atoms with Crippen LogP contribution in [0.25, 0.3) is 0 Å². The summed E-state index contributed by atoms with van der Waals surface area (Å²) in [5, 5.41) is 5.06. The van der Waals surface area contributed by atoms with Gasteiger partial charge in [0.25, 0.3) is 0 Å². The van der Waals surface area contributed by atoms with Gasteiger partial charge >= 0.3 is 6.18 Å². The highest BCUT2D eigenvalue weighted by Gasteiger charge is 2.72. The van der Waals surface area contributed by atoms with E-state index in [9.17, 15) is 22.8 Å². The van der Waals surface area contributed by atoms with E-state index in [4.69, 9.17) is 4.74 Å². The van der Waals surface area contributed by atoms with Gasteiger partial charge in [-0.05, 0) is 23.3 Å². The molecule has 2 fully saturated rings. The van der Waals surface area contributed by atoms with Crippen molar-refractivity contribution in [1.29, 1.82) is 0 Å². The van der Waals surface area contributed by atoms with Gasteiger partial charge in [-0.3, -0.25) is 9.59 Å². The van der Waals surface area contributed by atoms with Gasteiger partial charge in [0.15, 0.2) is 5.60 Å². The minimum Gasteiger partial charge on any atom is -0.493 e. The van der Waals surface area contributed by atoms with E-state index in [1.807, 2.05) is 0 Å². The summed E-state index contributed by atoms with van der Waals surface area (Å²) in [4.78, 5) is 25.0. The molecule has 1 saturated heterocycles. The molecule has 1 unspecified atom stereocenters. The topological polar surface area (TPSA) is 76.7 Å². The summed E-state index contributed by atoms with van der Waals surface area (Å²) in [5.74, 6) is -0.423. The first-order chi connectivity index (χ1) is 12.2. The number of halogens is 3. The minimum absolute atomic E-state index is 0.532. The predicted octanol–water partition coefficient (Wildman–Crippen LogP) is 1.39. The van der Waals surface area contributed by atoms with Crippen LogP contribution in [0.15, 0.2) is 18.2 Å². The normalized spacial score (nSPS) is 33.2. The maximum Gasteiger partial charge on any atom is 0.417 e. The Balaban J connectivity index is 1.54. The van der Waals surface area contributed by atoms with Gasteiger partial charge in [0.2, 0.25) is 11.8 Å². The van der Waals surface area contributed by atoms with Crippen LogP contribution in [-0.4, -0.2) is 42.8 Å². The summed E-state index contributed by atoms with van der Waals surface area (Å²) in [5.41, 5.74) is -2.49. The number of amides is 2. The molecule has 1 saturated carbocycles. The Morgan fingerprint density at radius 1 is 1.27 bits per heavy atom. The molecule has 9 heteroatoms. The number of hydrogen-bond donors (Lipinski definition) is 2. The van der Waals surface area contributed by atoms with Gasteiger partial charge in [0.05, 0.1) is 6.61 Å². The van der Waals surface area contributed by atoms with Gasteiger partial charge in [0, 0.05) is 26.4 Å². The first-order valence-corrected chi connectivity index (χ1v) is 8.20. The van der Waals surface area contributed by atoms with Crippen molar-refractivity contribution in [1.82, 2.24) is 10.6 Å². The fourth-order valence-corrected chi connectivity index (χ4v) is 3.95. The molecule has 2 aliphatic heterocycles. The lowest BCUT2D eigenvalue weighted by atomic mass is 9.62. The molecule has 1 atom stereocenters. The van der Waals surface area contributed by atoms with E-state index in [-0.39, 0.29) is 0 Å². The van der Waals surface area contributed by atoms with Crippen LogP contribution in [0.5, 0.6) is 5.75 Å². The SMILES string of the molecule is COC1(C(F)(F)F)CC2(C1)NC(=O)C(c1ccc3c(c1)CCO3)NC2=O. The average molecular weight is 370 g/mol. The van der Waals surface area contributed by atoms with E-state index in [2.05, 4.69) is 15.4 Å². The van der Waals surface area contributed by atoms with Crippen LogP contribution in [0.2, 0.25) is 0 Å². The van der Waals surface area contributed by atoms with Crippen LogP contribution in [0.1, 0.15) is 30.0 Å². The molecule has 1 spiro atoms. The molecule has 1 aromatic carbocycles. The quantitative estimate of drug-likeness (QED) is 0.825. The van der Waals surface area contributed by atoms with E-state index in [1.54, 1.807) is 18.2 Å². The first kappa shape index (κ1) is 17.1. The lowest BCUT2D eigenvalue weighted by Crippen LogP contribution is -2.78. The molecule has 4 rings (SSSR count). The van der Waals surface area contributed by atoms with Crippen molar-refractivity contribution >= 4 is 11.8 Å². The van der Waals surface area contributed by atoms with E-state index in [0.717, 1.165) is 18.4 Å². The van der Waals surface area contributed by atoms with Crippen molar-refractivity contribution in [2.45, 2.75) is 42.6 Å². The van der Waals surface area contributed by atoms with Gasteiger partial charge in [0.1, 0.15) is 17.3 Å². The smallest absolute Gasteiger partial charge is 0.417 e. The summed E-state index contributed by atoms with van der Waals surface area (Å²) in [7, 11) is 0.957. The molecule has 2 heterocycles. The molecule has 26 heavy (non-hydrogen) atoms. The third-order valence-electron chi connectivity index (χ3n) is 5.46. The van der Waals surface area contributed by atoms with Crippen LogP contribution in [-0.2, 0) is 20.7 Å². The Hall–Kier alpha value is -2.29. The molecule has 3 aliphatic rings. The second-order valence-corrected chi connectivity index (χ2v) is 6.99. The molecule has 0 aromatic heterocycles. The molecule has 0 bridgehead atoms. The van der Waals surface area contributed by atoms with Crippen LogP contribution < -0.4 is 15.4 Å². The van der Waals surface area contributed by atoms with Crippen molar-refractivity contribution in [3.63, 3.8) is 0 Å². The first-order valence-electron chi connectivity index (χ1n) is 8.20. The number of carbonyl (C=O) groups excluding carboxylic acids is 2. The van der Waals surface area contributed by atoms with Crippen LogP contribution in [0, 0.1) is 0 Å². The Kier molecular flexibility index (Phi) is 3.53. The van der Waals surface area contributed by atoms with E-state index in [1.165, 1.54) is 0 Å². The predicted molar refractivity (Wildman–Crippen MR) is 82.4 cm³/mol. The van der Waals surface area contributed by atoms with Crippen molar-refractivity contribution < 1.29 is 32.2 Å². The lowest BCUT2D eigenvalue weighted by molar-refractivity contribution is -0.311. The van der Waals surface area contributed by atoms with Gasteiger partial charge in [-0.1, -0.05) is 6.07 Å². The molecule has 1 aliphatic carbocycles. The number of nitrogens with one attached hydrogen (secondary N) is 2. The highest BCUT2D eigenvalue weighted by Crippen LogP contribution is 2.54. The molecular formula is C17H17F3N2O4. The minimum atomic E-state index is -4.62. The zero-order valence-electron chi connectivity index (χ0n) is 13.9. The molecular weight excluding hydrogens is 353 g/mol. The van der Waals surface area contributed by atoms with Crippen molar-refractivity contribution in [2.24, 2.45) is 0 Å². The largest absolute Gasteiger partial charge is 0.493 e. The lowest BCUT2D eigenvalue weighted by Gasteiger charge is -2.56. The zero-order valence-corrected chi connectivity index (χ0v) is 13.9. The Morgan fingerprint density at radius 3 is 2.65 bits per heavy atom. The fourth-order valence-electron chi connectivity index (χ4n) is 3.95. The zero-order chi connectivity index (χ0) is 18.7. The standard InChI is InChI=1S/C17H17F3N2O4/c1-25-16(17(18,19)20)7-15(8-16)14(24)21-12(13(23)22-15)10-2-3-11-9(6-10)4-5-26-11/h2-3,6,12H,4-5,7-8H2,1H3,(H,21,24)(H,22,23). The molecule has 1 aromatic rings. The number of alkyl halides is 3. The summed E-state index contributed by atoms with van der Waals surface area (Å²) >= 11 is 0. The van der Waals surface area contributed by atoms with E-state index in [0.29, 0.717) is 18.6 Å². The van der Waals surface area contributed by atoms with Crippen molar-refractivity contribution in [2.75, 3.05) is 13.7 Å². The third-order valence-corrected chi connectivity index (χ3v) is 5.46. The highest BCUT2D eigenvalue weighted by atomic mass is 19.4. The van der Waals surface area contributed by atoms with Crippen LogP contribution in [0.3, 0.4) is 0 Å². The maximum atomic E-state index is 13.2. The summed E-state index contributed by atoms with van der Waals surface area (Å²) in [6.07, 6.45) is -5.18. The Bertz CT molecular complexity index is 787. The van der Waals surface area contributed by atoms with Gasteiger partial charge in [-0.25, -0.2) is 0 Å². The second-order valence-electron chi connectivity index (χ2n) is 6.99. The fraction of sp³-hybridized carbons (Fsp3) is 0.529. The molecule has 0 radical (unpaired) electrons. The third kappa shape index (κ3) is 2.29. The number of ether oxygens (including phenoxy) is 2. The van der Waals surface area contributed by atoms with Gasteiger partial charge < -0.3 is 20.1 Å². The molecule has 2 N–H and O–H groups in total. The molecule has 140 valence electrons. The Morgan fingerprint density at radius 2 is 2.00 bits per heavy atom. The Labute approximate surface area is 147 Å². The number of methoxy groups -OCH3 is 1. The number of carbonyl (C=O) groups is 2. The number of rotatable bonds is 2. The monoisotopic (exact) mass is 370 g/mol. The molecule has 6 nitrogen and oxygen atoms in total. The average Bonchev–Trinajstić information content (AvgIpc) is 3.00.